The van der Waals surface area contributed by atoms with Crippen molar-refractivity contribution in [2.45, 2.75) is 30.3 Å². The summed E-state index contributed by atoms with van der Waals surface area (Å²) in [5.74, 6) is -0.242. The molecule has 0 saturated carbocycles. The number of piperidine rings is 1. The topological polar surface area (TPSA) is 88.0 Å². The molecular weight excluding hydrogens is 397 g/mol. The number of amides is 1. The number of carbonyl (C=O) groups excluding carboxylic acids is 2. The minimum atomic E-state index is -0.428. The number of dihydropyridines is 1. The van der Waals surface area contributed by atoms with Gasteiger partial charge in [-0.1, -0.05) is 0 Å². The molecule has 29 heavy (non-hydrogen) atoms. The number of nitrogens with zero attached hydrogens (tertiary/aromatic N) is 5. The van der Waals surface area contributed by atoms with Gasteiger partial charge in [0.1, 0.15) is 11.6 Å². The lowest BCUT2D eigenvalue weighted by Crippen LogP contribution is -2.45. The number of hydrogen-bond acceptors (Lipinski definition) is 8. The van der Waals surface area contributed by atoms with Gasteiger partial charge < -0.3 is 4.90 Å². The Labute approximate surface area is 172 Å². The zero-order chi connectivity index (χ0) is 20.4. The summed E-state index contributed by atoms with van der Waals surface area (Å²) in [7, 11) is 0. The molecule has 1 amide bonds. The lowest BCUT2D eigenvalue weighted by atomic mass is 9.94. The molecule has 3 aliphatic rings. The van der Waals surface area contributed by atoms with E-state index in [0.717, 1.165) is 5.57 Å². The first-order valence-electron chi connectivity index (χ1n) is 9.58. The van der Waals surface area contributed by atoms with E-state index in [-0.39, 0.29) is 30.2 Å². The Kier molecular flexibility index (Phi) is 5.91. The SMILES string of the molecule is CSc1nc(N2CCC(C(=O)N3OCC[C@H]3C3=CC(=O)CN=C3)CC2)ncc1F. The van der Waals surface area contributed by atoms with E-state index in [2.05, 4.69) is 15.0 Å². The normalized spacial score (nSPS) is 22.9. The maximum Gasteiger partial charge on any atom is 0.249 e. The highest BCUT2D eigenvalue weighted by atomic mass is 32.2. The highest BCUT2D eigenvalue weighted by molar-refractivity contribution is 7.98. The molecule has 1 aromatic heterocycles. The largest absolute Gasteiger partial charge is 0.341 e. The van der Waals surface area contributed by atoms with Gasteiger partial charge in [-0.2, -0.15) is 0 Å². The molecular formula is C19H22FN5O3S. The van der Waals surface area contributed by atoms with Gasteiger partial charge in [-0.15, -0.1) is 11.8 Å². The molecule has 0 aliphatic carbocycles. The number of thioether (sulfide) groups is 1. The van der Waals surface area contributed by atoms with Crippen LogP contribution >= 0.6 is 11.8 Å². The predicted octanol–water partition coefficient (Wildman–Crippen LogP) is 1.67. The summed E-state index contributed by atoms with van der Waals surface area (Å²) in [5.41, 5.74) is 0.730. The summed E-state index contributed by atoms with van der Waals surface area (Å²) in [6, 6.07) is -0.266. The van der Waals surface area contributed by atoms with Crippen molar-refractivity contribution < 1.29 is 18.8 Å². The van der Waals surface area contributed by atoms with Gasteiger partial charge in [-0.3, -0.25) is 19.4 Å². The molecule has 10 heteroatoms. The van der Waals surface area contributed by atoms with Crippen LogP contribution in [0, 0.1) is 11.7 Å². The van der Waals surface area contributed by atoms with E-state index >= 15 is 0 Å². The zero-order valence-corrected chi connectivity index (χ0v) is 16.9. The first-order valence-corrected chi connectivity index (χ1v) is 10.8. The molecule has 1 aromatic rings. The number of ketones is 1. The Morgan fingerprint density at radius 2 is 2.10 bits per heavy atom. The van der Waals surface area contributed by atoms with Crippen molar-refractivity contribution in [2.75, 3.05) is 37.4 Å². The summed E-state index contributed by atoms with van der Waals surface area (Å²) in [6.45, 7) is 1.82. The minimum absolute atomic E-state index is 0.0565. The summed E-state index contributed by atoms with van der Waals surface area (Å²) in [5, 5.41) is 1.75. The average molecular weight is 419 g/mol. The molecule has 0 spiro atoms. The molecule has 3 aliphatic heterocycles. The van der Waals surface area contributed by atoms with Crippen molar-refractivity contribution in [1.29, 1.82) is 0 Å². The first-order chi connectivity index (χ1) is 14.1. The second-order valence-corrected chi connectivity index (χ2v) is 7.97. The Morgan fingerprint density at radius 1 is 1.31 bits per heavy atom. The fourth-order valence-electron chi connectivity index (χ4n) is 3.83. The van der Waals surface area contributed by atoms with E-state index in [4.69, 9.17) is 4.84 Å². The predicted molar refractivity (Wildman–Crippen MR) is 106 cm³/mol. The lowest BCUT2D eigenvalue weighted by Gasteiger charge is -2.34. The van der Waals surface area contributed by atoms with Gasteiger partial charge in [-0.05, 0) is 30.7 Å². The van der Waals surface area contributed by atoms with Crippen molar-refractivity contribution in [1.82, 2.24) is 15.0 Å². The third-order valence-electron chi connectivity index (χ3n) is 5.34. The minimum Gasteiger partial charge on any atom is -0.341 e. The van der Waals surface area contributed by atoms with Crippen LogP contribution in [0.25, 0.3) is 0 Å². The average Bonchev–Trinajstić information content (AvgIpc) is 3.24. The van der Waals surface area contributed by atoms with E-state index in [1.165, 1.54) is 23.0 Å². The molecule has 1 atom stereocenters. The van der Waals surface area contributed by atoms with Crippen LogP contribution in [0.5, 0.6) is 0 Å². The van der Waals surface area contributed by atoms with Gasteiger partial charge in [0.15, 0.2) is 11.6 Å². The van der Waals surface area contributed by atoms with Crippen LogP contribution < -0.4 is 4.90 Å². The number of aliphatic imine (C=N–C) groups is 1. The number of anilines is 1. The fraction of sp³-hybridized carbons (Fsp3) is 0.526. The number of rotatable bonds is 4. The van der Waals surface area contributed by atoms with E-state index in [0.29, 0.717) is 49.9 Å². The molecule has 4 rings (SSSR count). The molecule has 0 N–H and O–H groups in total. The zero-order valence-electron chi connectivity index (χ0n) is 16.1. The second kappa shape index (κ2) is 8.58. The van der Waals surface area contributed by atoms with Crippen LogP contribution in [0.3, 0.4) is 0 Å². The van der Waals surface area contributed by atoms with Crippen molar-refractivity contribution in [3.05, 3.63) is 23.7 Å². The van der Waals surface area contributed by atoms with Crippen molar-refractivity contribution >= 4 is 35.6 Å². The molecule has 8 nitrogen and oxygen atoms in total. The van der Waals surface area contributed by atoms with Crippen LogP contribution in [-0.4, -0.2) is 71.5 Å². The highest BCUT2D eigenvalue weighted by Gasteiger charge is 2.38. The van der Waals surface area contributed by atoms with Crippen molar-refractivity contribution in [3.63, 3.8) is 0 Å². The second-order valence-electron chi connectivity index (χ2n) is 7.17. The Balaban J connectivity index is 1.40. The Bertz CT molecular complexity index is 869. The summed E-state index contributed by atoms with van der Waals surface area (Å²) in [4.78, 5) is 44.7. The number of halogens is 1. The number of hydrogen-bond donors (Lipinski definition) is 0. The number of carbonyl (C=O) groups is 2. The molecule has 0 radical (unpaired) electrons. The number of aromatic nitrogens is 2. The van der Waals surface area contributed by atoms with E-state index < -0.39 is 5.82 Å². The van der Waals surface area contributed by atoms with Crippen LogP contribution in [-0.2, 0) is 14.4 Å². The molecule has 0 aromatic carbocycles. The quantitative estimate of drug-likeness (QED) is 0.542. The van der Waals surface area contributed by atoms with Gasteiger partial charge in [0, 0.05) is 31.6 Å². The van der Waals surface area contributed by atoms with Gasteiger partial charge in [0.05, 0.1) is 18.8 Å². The van der Waals surface area contributed by atoms with Crippen molar-refractivity contribution in [3.8, 4) is 0 Å². The maximum absolute atomic E-state index is 13.6. The van der Waals surface area contributed by atoms with E-state index in [1.807, 2.05) is 4.90 Å². The Morgan fingerprint density at radius 3 is 2.83 bits per heavy atom. The third-order valence-corrected chi connectivity index (χ3v) is 6.01. The van der Waals surface area contributed by atoms with Gasteiger partial charge in [-0.25, -0.2) is 19.4 Å². The van der Waals surface area contributed by atoms with E-state index in [9.17, 15) is 14.0 Å². The third kappa shape index (κ3) is 4.18. The summed E-state index contributed by atoms with van der Waals surface area (Å²) < 4.78 is 13.6. The fourth-order valence-corrected chi connectivity index (χ4v) is 4.25. The Hall–Kier alpha value is -2.33. The van der Waals surface area contributed by atoms with E-state index in [1.54, 1.807) is 18.5 Å². The highest BCUT2D eigenvalue weighted by Crippen LogP contribution is 2.29. The molecule has 0 bridgehead atoms. The molecule has 2 fully saturated rings. The summed E-state index contributed by atoms with van der Waals surface area (Å²) >= 11 is 1.24. The number of hydroxylamine groups is 2. The van der Waals surface area contributed by atoms with Crippen LogP contribution in [0.1, 0.15) is 19.3 Å². The van der Waals surface area contributed by atoms with Crippen molar-refractivity contribution in [2.24, 2.45) is 10.9 Å². The molecule has 154 valence electrons. The van der Waals surface area contributed by atoms with Gasteiger partial charge in [0.2, 0.25) is 11.9 Å². The van der Waals surface area contributed by atoms with Crippen LogP contribution in [0.4, 0.5) is 10.3 Å². The summed E-state index contributed by atoms with van der Waals surface area (Å²) in [6.07, 6.45) is 8.10. The monoisotopic (exact) mass is 419 g/mol. The molecule has 0 unspecified atom stereocenters. The molecule has 4 heterocycles. The van der Waals surface area contributed by atoms with Crippen LogP contribution in [0.15, 0.2) is 27.9 Å². The lowest BCUT2D eigenvalue weighted by molar-refractivity contribution is -0.179. The smallest absolute Gasteiger partial charge is 0.249 e. The standard InChI is InChI=1S/C19H22FN5O3S/c1-29-17-15(20)11-22-19(23-17)24-5-2-12(3-6-24)18(27)25-16(4-7-28-25)13-8-14(26)10-21-9-13/h8-9,11-12,16H,2-7,10H2,1H3/t16-/m0/s1. The van der Waals surface area contributed by atoms with Crippen LogP contribution in [0.2, 0.25) is 0 Å². The van der Waals surface area contributed by atoms with Gasteiger partial charge in [0.25, 0.3) is 0 Å². The first kappa shape index (κ1) is 20.0. The van der Waals surface area contributed by atoms with Gasteiger partial charge >= 0.3 is 0 Å². The molecule has 2 saturated heterocycles. The maximum atomic E-state index is 13.6.